The second kappa shape index (κ2) is 6.02. The molecule has 0 saturated carbocycles. The monoisotopic (exact) mass is 287 g/mol. The van der Waals surface area contributed by atoms with E-state index in [2.05, 4.69) is 20.3 Å². The van der Waals surface area contributed by atoms with Gasteiger partial charge in [0.25, 0.3) is 5.91 Å². The van der Waals surface area contributed by atoms with Crippen LogP contribution in [-0.2, 0) is 11.3 Å². The number of aromatic amines is 1. The van der Waals surface area contributed by atoms with Crippen LogP contribution in [0.1, 0.15) is 16.1 Å². The van der Waals surface area contributed by atoms with Crippen molar-refractivity contribution in [1.29, 1.82) is 0 Å². The average molecular weight is 287 g/mol. The van der Waals surface area contributed by atoms with Crippen molar-refractivity contribution >= 4 is 5.91 Å². The predicted molar refractivity (Wildman–Crippen MR) is 76.4 cm³/mol. The van der Waals surface area contributed by atoms with Crippen LogP contribution >= 0.6 is 0 Å². The van der Waals surface area contributed by atoms with Crippen molar-refractivity contribution in [2.45, 2.75) is 6.54 Å². The van der Waals surface area contributed by atoms with Crippen LogP contribution in [0.15, 0.2) is 24.3 Å². The lowest BCUT2D eigenvalue weighted by molar-refractivity contribution is 0.0342. The van der Waals surface area contributed by atoms with Crippen LogP contribution in [0.2, 0.25) is 0 Å². The molecular formula is C14H17N5O2. The summed E-state index contributed by atoms with van der Waals surface area (Å²) in [5.74, 6) is -0.583. The number of carbonyl (C=O) groups excluding carboxylic acids is 1. The number of hydrogen-bond donors (Lipinski definition) is 2. The maximum absolute atomic E-state index is 11.4. The van der Waals surface area contributed by atoms with E-state index in [0.29, 0.717) is 5.69 Å². The summed E-state index contributed by atoms with van der Waals surface area (Å²) in [4.78, 5) is 13.7. The normalized spacial score (nSPS) is 16.0. The van der Waals surface area contributed by atoms with Crippen molar-refractivity contribution in [2.75, 3.05) is 26.3 Å². The summed E-state index contributed by atoms with van der Waals surface area (Å²) in [7, 11) is 0. The smallest absolute Gasteiger partial charge is 0.271 e. The van der Waals surface area contributed by atoms with Crippen molar-refractivity contribution in [3.8, 4) is 11.3 Å². The molecule has 1 saturated heterocycles. The van der Waals surface area contributed by atoms with Gasteiger partial charge in [-0.25, -0.2) is 0 Å². The Balaban J connectivity index is 1.91. The molecule has 2 aromatic rings. The zero-order chi connectivity index (χ0) is 14.7. The lowest BCUT2D eigenvalue weighted by atomic mass is 10.0. The number of ether oxygens (including phenoxy) is 1. The SMILES string of the molecule is NC(=O)c1n[nH]nc1-c1ccccc1CN1CCOCC1. The molecule has 0 bridgehead atoms. The number of carbonyl (C=O) groups is 1. The molecule has 21 heavy (non-hydrogen) atoms. The molecule has 1 fully saturated rings. The predicted octanol–water partition coefficient (Wildman–Crippen LogP) is 0.403. The number of amides is 1. The molecular weight excluding hydrogens is 270 g/mol. The summed E-state index contributed by atoms with van der Waals surface area (Å²) < 4.78 is 5.36. The first-order chi connectivity index (χ1) is 10.3. The van der Waals surface area contributed by atoms with E-state index in [1.807, 2.05) is 24.3 Å². The van der Waals surface area contributed by atoms with Crippen LogP contribution in [0, 0.1) is 0 Å². The number of hydrogen-bond acceptors (Lipinski definition) is 5. The van der Waals surface area contributed by atoms with Crippen LogP contribution in [0.4, 0.5) is 0 Å². The van der Waals surface area contributed by atoms with Gasteiger partial charge in [-0.2, -0.15) is 15.4 Å². The fourth-order valence-corrected chi connectivity index (χ4v) is 2.48. The molecule has 1 aromatic heterocycles. The number of nitrogens with one attached hydrogen (secondary N) is 1. The fraction of sp³-hybridized carbons (Fsp3) is 0.357. The summed E-state index contributed by atoms with van der Waals surface area (Å²) in [6.07, 6.45) is 0. The first kappa shape index (κ1) is 13.7. The van der Waals surface area contributed by atoms with Gasteiger partial charge in [-0.15, -0.1) is 0 Å². The molecule has 0 unspecified atom stereocenters. The molecule has 0 aliphatic carbocycles. The van der Waals surface area contributed by atoms with E-state index >= 15 is 0 Å². The van der Waals surface area contributed by atoms with Gasteiger partial charge in [-0.05, 0) is 5.56 Å². The average Bonchev–Trinajstić information content (AvgIpc) is 2.98. The van der Waals surface area contributed by atoms with Crippen molar-refractivity contribution < 1.29 is 9.53 Å². The Bertz CT molecular complexity index is 634. The first-order valence-electron chi connectivity index (χ1n) is 6.84. The van der Waals surface area contributed by atoms with Gasteiger partial charge < -0.3 is 10.5 Å². The van der Waals surface area contributed by atoms with Crippen molar-refractivity contribution in [2.24, 2.45) is 5.73 Å². The molecule has 2 heterocycles. The molecule has 1 aromatic carbocycles. The summed E-state index contributed by atoms with van der Waals surface area (Å²) >= 11 is 0. The van der Waals surface area contributed by atoms with Crippen molar-refractivity contribution in [1.82, 2.24) is 20.3 Å². The molecule has 110 valence electrons. The quantitative estimate of drug-likeness (QED) is 0.848. The topological polar surface area (TPSA) is 97.1 Å². The molecule has 0 atom stereocenters. The second-order valence-corrected chi connectivity index (χ2v) is 4.93. The molecule has 1 aliphatic rings. The van der Waals surface area contributed by atoms with Crippen LogP contribution in [0.3, 0.4) is 0 Å². The highest BCUT2D eigenvalue weighted by atomic mass is 16.5. The molecule has 7 heteroatoms. The van der Waals surface area contributed by atoms with E-state index < -0.39 is 5.91 Å². The van der Waals surface area contributed by atoms with Crippen molar-refractivity contribution in [3.63, 3.8) is 0 Å². The maximum Gasteiger partial charge on any atom is 0.271 e. The third-order valence-electron chi connectivity index (χ3n) is 3.55. The Labute approximate surface area is 122 Å². The molecule has 1 aliphatic heterocycles. The highest BCUT2D eigenvalue weighted by molar-refractivity contribution is 5.97. The Morgan fingerprint density at radius 1 is 1.29 bits per heavy atom. The van der Waals surface area contributed by atoms with Crippen LogP contribution in [0.25, 0.3) is 11.3 Å². The third kappa shape index (κ3) is 2.93. The number of rotatable bonds is 4. The van der Waals surface area contributed by atoms with Crippen LogP contribution in [-0.4, -0.2) is 52.5 Å². The molecule has 1 amide bonds. The number of aromatic nitrogens is 3. The Morgan fingerprint density at radius 3 is 2.81 bits per heavy atom. The lowest BCUT2D eigenvalue weighted by Gasteiger charge is -2.27. The van der Waals surface area contributed by atoms with Gasteiger partial charge in [0.2, 0.25) is 0 Å². The zero-order valence-corrected chi connectivity index (χ0v) is 11.6. The minimum Gasteiger partial charge on any atom is -0.379 e. The van der Waals surface area contributed by atoms with Gasteiger partial charge in [-0.1, -0.05) is 24.3 Å². The fourth-order valence-electron chi connectivity index (χ4n) is 2.48. The number of nitrogens with two attached hydrogens (primary N) is 1. The molecule has 0 spiro atoms. The standard InChI is InChI=1S/C14H17N5O2/c15-14(20)13-12(16-18-17-13)11-4-2-1-3-10(11)9-19-5-7-21-8-6-19/h1-4H,5-9H2,(H2,15,20)(H,16,17,18). The Kier molecular flexibility index (Phi) is 3.94. The molecule has 7 nitrogen and oxygen atoms in total. The maximum atomic E-state index is 11.4. The third-order valence-corrected chi connectivity index (χ3v) is 3.55. The minimum absolute atomic E-state index is 0.171. The Morgan fingerprint density at radius 2 is 2.05 bits per heavy atom. The van der Waals surface area contributed by atoms with E-state index in [-0.39, 0.29) is 5.69 Å². The summed E-state index contributed by atoms with van der Waals surface area (Å²) in [5.41, 5.74) is 7.99. The van der Waals surface area contributed by atoms with Gasteiger partial charge in [0.05, 0.1) is 13.2 Å². The first-order valence-corrected chi connectivity index (χ1v) is 6.84. The van der Waals surface area contributed by atoms with E-state index in [0.717, 1.165) is 44.0 Å². The summed E-state index contributed by atoms with van der Waals surface area (Å²) in [6.45, 7) is 4.08. The van der Waals surface area contributed by atoms with Gasteiger partial charge in [0.15, 0.2) is 5.69 Å². The minimum atomic E-state index is -0.583. The molecule has 3 rings (SSSR count). The second-order valence-electron chi connectivity index (χ2n) is 4.93. The number of H-pyrrole nitrogens is 1. The highest BCUT2D eigenvalue weighted by Gasteiger charge is 2.19. The van der Waals surface area contributed by atoms with E-state index in [1.165, 1.54) is 0 Å². The van der Waals surface area contributed by atoms with E-state index in [9.17, 15) is 4.79 Å². The number of morpholine rings is 1. The van der Waals surface area contributed by atoms with Gasteiger partial charge in [0, 0.05) is 25.2 Å². The van der Waals surface area contributed by atoms with Crippen LogP contribution in [0.5, 0.6) is 0 Å². The largest absolute Gasteiger partial charge is 0.379 e. The number of nitrogens with zero attached hydrogens (tertiary/aromatic N) is 3. The zero-order valence-electron chi connectivity index (χ0n) is 11.6. The van der Waals surface area contributed by atoms with E-state index in [4.69, 9.17) is 10.5 Å². The molecule has 3 N–H and O–H groups in total. The number of benzene rings is 1. The highest BCUT2D eigenvalue weighted by Crippen LogP contribution is 2.25. The van der Waals surface area contributed by atoms with Crippen molar-refractivity contribution in [3.05, 3.63) is 35.5 Å². The number of primary amides is 1. The van der Waals surface area contributed by atoms with Gasteiger partial charge >= 0.3 is 0 Å². The van der Waals surface area contributed by atoms with Gasteiger partial charge in [0.1, 0.15) is 5.69 Å². The Hall–Kier alpha value is -2.25. The van der Waals surface area contributed by atoms with Crippen LogP contribution < -0.4 is 5.73 Å². The van der Waals surface area contributed by atoms with E-state index in [1.54, 1.807) is 0 Å². The molecule has 0 radical (unpaired) electrons. The van der Waals surface area contributed by atoms with Gasteiger partial charge in [-0.3, -0.25) is 9.69 Å². The lowest BCUT2D eigenvalue weighted by Crippen LogP contribution is -2.35. The summed E-state index contributed by atoms with van der Waals surface area (Å²) in [6, 6.07) is 7.85. The summed E-state index contributed by atoms with van der Waals surface area (Å²) in [5, 5.41) is 10.4.